The molecular formula is C18H22N2O3. The summed E-state index contributed by atoms with van der Waals surface area (Å²) in [6.07, 6.45) is -0.675. The van der Waals surface area contributed by atoms with Crippen LogP contribution in [0, 0.1) is 13.8 Å². The predicted molar refractivity (Wildman–Crippen MR) is 89.2 cm³/mol. The molecule has 1 aromatic carbocycles. The van der Waals surface area contributed by atoms with Crippen molar-refractivity contribution in [2.24, 2.45) is 0 Å². The Morgan fingerprint density at radius 2 is 1.96 bits per heavy atom. The van der Waals surface area contributed by atoms with E-state index in [1.165, 1.54) is 0 Å². The van der Waals surface area contributed by atoms with Crippen LogP contribution >= 0.6 is 0 Å². The molecule has 0 radical (unpaired) electrons. The first-order valence-corrected chi connectivity index (χ1v) is 7.66. The number of pyridine rings is 1. The van der Waals surface area contributed by atoms with Gasteiger partial charge < -0.3 is 15.0 Å². The zero-order valence-corrected chi connectivity index (χ0v) is 13.7. The third-order valence-electron chi connectivity index (χ3n) is 3.61. The lowest BCUT2D eigenvalue weighted by Crippen LogP contribution is -2.33. The Bertz CT molecular complexity index is 723. The minimum absolute atomic E-state index is 0.171. The highest BCUT2D eigenvalue weighted by Crippen LogP contribution is 2.17. The second kappa shape index (κ2) is 7.74. The summed E-state index contributed by atoms with van der Waals surface area (Å²) in [5.41, 5.74) is 2.85. The van der Waals surface area contributed by atoms with Gasteiger partial charge >= 0.3 is 0 Å². The van der Waals surface area contributed by atoms with E-state index in [9.17, 15) is 9.59 Å². The molecule has 122 valence electrons. The molecule has 5 heteroatoms. The van der Waals surface area contributed by atoms with Crippen molar-refractivity contribution in [1.82, 2.24) is 10.3 Å². The first-order chi connectivity index (χ1) is 11.0. The van der Waals surface area contributed by atoms with Gasteiger partial charge in [-0.25, -0.2) is 0 Å². The number of amides is 1. The third kappa shape index (κ3) is 4.29. The molecule has 2 rings (SSSR count). The number of nitrogens with one attached hydrogen (secondary N) is 2. The van der Waals surface area contributed by atoms with Gasteiger partial charge in [0.15, 0.2) is 6.10 Å². The van der Waals surface area contributed by atoms with Gasteiger partial charge in [0, 0.05) is 24.4 Å². The van der Waals surface area contributed by atoms with Gasteiger partial charge in [0.25, 0.3) is 11.5 Å². The first-order valence-electron chi connectivity index (χ1n) is 7.66. The molecule has 1 amide bonds. The largest absolute Gasteiger partial charge is 0.364 e. The van der Waals surface area contributed by atoms with Crippen molar-refractivity contribution in [3.8, 4) is 0 Å². The predicted octanol–water partition coefficient (Wildman–Crippen LogP) is 2.39. The molecule has 0 spiro atoms. The number of carbonyl (C=O) groups is 1. The van der Waals surface area contributed by atoms with Crippen molar-refractivity contribution in [3.05, 3.63) is 69.1 Å². The maximum atomic E-state index is 12.4. The molecule has 0 aliphatic rings. The normalized spacial score (nSPS) is 12.0. The van der Waals surface area contributed by atoms with Crippen molar-refractivity contribution in [2.75, 3.05) is 6.61 Å². The van der Waals surface area contributed by atoms with Crippen LogP contribution < -0.4 is 10.9 Å². The quantitative estimate of drug-likeness (QED) is 0.860. The van der Waals surface area contributed by atoms with E-state index < -0.39 is 6.10 Å². The van der Waals surface area contributed by atoms with Crippen LogP contribution in [0.2, 0.25) is 0 Å². The fourth-order valence-electron chi connectivity index (χ4n) is 2.49. The van der Waals surface area contributed by atoms with Gasteiger partial charge in [-0.3, -0.25) is 9.59 Å². The Balaban J connectivity index is 2.13. The molecule has 1 heterocycles. The lowest BCUT2D eigenvalue weighted by molar-refractivity contribution is -0.133. The van der Waals surface area contributed by atoms with Gasteiger partial charge in [-0.1, -0.05) is 30.3 Å². The number of aryl methyl sites for hydroxylation is 2. The van der Waals surface area contributed by atoms with Gasteiger partial charge in [0.05, 0.1) is 0 Å². The highest BCUT2D eigenvalue weighted by Gasteiger charge is 2.21. The maximum absolute atomic E-state index is 12.4. The van der Waals surface area contributed by atoms with E-state index in [0.29, 0.717) is 12.2 Å². The molecule has 0 saturated heterocycles. The van der Waals surface area contributed by atoms with Crippen LogP contribution in [0.1, 0.15) is 35.4 Å². The summed E-state index contributed by atoms with van der Waals surface area (Å²) < 4.78 is 5.56. The minimum Gasteiger partial charge on any atom is -0.364 e. The van der Waals surface area contributed by atoms with Gasteiger partial charge in [-0.05, 0) is 38.0 Å². The monoisotopic (exact) mass is 314 g/mol. The van der Waals surface area contributed by atoms with Gasteiger partial charge in [-0.15, -0.1) is 0 Å². The lowest BCUT2D eigenvalue weighted by atomic mass is 10.1. The third-order valence-corrected chi connectivity index (χ3v) is 3.61. The van der Waals surface area contributed by atoms with Crippen LogP contribution in [0.3, 0.4) is 0 Å². The van der Waals surface area contributed by atoms with Crippen LogP contribution in [0.5, 0.6) is 0 Å². The van der Waals surface area contributed by atoms with Crippen molar-refractivity contribution in [2.45, 2.75) is 33.4 Å². The SMILES string of the molecule is CCO[C@@H](C(=O)NCc1c(C)cc(C)[nH]c1=O)c1ccccc1. The lowest BCUT2D eigenvalue weighted by Gasteiger charge is -2.17. The molecule has 0 aliphatic carbocycles. The van der Waals surface area contributed by atoms with Crippen molar-refractivity contribution < 1.29 is 9.53 Å². The second-order valence-electron chi connectivity index (χ2n) is 5.41. The summed E-state index contributed by atoms with van der Waals surface area (Å²) in [5, 5.41) is 2.80. The minimum atomic E-state index is -0.675. The summed E-state index contributed by atoms with van der Waals surface area (Å²) in [7, 11) is 0. The number of benzene rings is 1. The highest BCUT2D eigenvalue weighted by atomic mass is 16.5. The molecule has 5 nitrogen and oxygen atoms in total. The van der Waals surface area contributed by atoms with Crippen LogP contribution in [0.15, 0.2) is 41.2 Å². The fourth-order valence-corrected chi connectivity index (χ4v) is 2.49. The van der Waals surface area contributed by atoms with Crippen LogP contribution in [-0.2, 0) is 16.1 Å². The van der Waals surface area contributed by atoms with Crippen molar-refractivity contribution in [3.63, 3.8) is 0 Å². The van der Waals surface area contributed by atoms with Gasteiger partial charge in [-0.2, -0.15) is 0 Å². The molecule has 0 bridgehead atoms. The van der Waals surface area contributed by atoms with E-state index in [1.807, 2.05) is 57.2 Å². The van der Waals surface area contributed by atoms with E-state index in [1.54, 1.807) is 0 Å². The van der Waals surface area contributed by atoms with Gasteiger partial charge in [0.1, 0.15) is 0 Å². The van der Waals surface area contributed by atoms with E-state index in [-0.39, 0.29) is 18.0 Å². The number of aromatic nitrogens is 1. The summed E-state index contributed by atoms with van der Waals surface area (Å²) in [6, 6.07) is 11.2. The second-order valence-corrected chi connectivity index (χ2v) is 5.41. The zero-order valence-electron chi connectivity index (χ0n) is 13.7. The van der Waals surface area contributed by atoms with E-state index >= 15 is 0 Å². The highest BCUT2D eigenvalue weighted by molar-refractivity contribution is 5.82. The number of rotatable bonds is 6. The zero-order chi connectivity index (χ0) is 16.8. The van der Waals surface area contributed by atoms with E-state index in [0.717, 1.165) is 16.8 Å². The number of aromatic amines is 1. The number of ether oxygens (including phenoxy) is 1. The summed E-state index contributed by atoms with van der Waals surface area (Å²) in [4.78, 5) is 27.2. The Morgan fingerprint density at radius 3 is 2.57 bits per heavy atom. The number of hydrogen-bond acceptors (Lipinski definition) is 3. The molecule has 0 aliphatic heterocycles. The Morgan fingerprint density at radius 1 is 1.26 bits per heavy atom. The number of hydrogen-bond donors (Lipinski definition) is 2. The Labute approximate surface area is 135 Å². The average molecular weight is 314 g/mol. The molecule has 0 unspecified atom stereocenters. The fraction of sp³-hybridized carbons (Fsp3) is 0.333. The van der Waals surface area contributed by atoms with Crippen molar-refractivity contribution in [1.29, 1.82) is 0 Å². The maximum Gasteiger partial charge on any atom is 0.254 e. The summed E-state index contributed by atoms with van der Waals surface area (Å²) >= 11 is 0. The van der Waals surface area contributed by atoms with Gasteiger partial charge in [0.2, 0.25) is 0 Å². The van der Waals surface area contributed by atoms with E-state index in [4.69, 9.17) is 4.74 Å². The van der Waals surface area contributed by atoms with E-state index in [2.05, 4.69) is 10.3 Å². The first kappa shape index (κ1) is 17.0. The molecular weight excluding hydrogens is 292 g/mol. The number of carbonyl (C=O) groups excluding carboxylic acids is 1. The van der Waals surface area contributed by atoms with Crippen LogP contribution in [0.4, 0.5) is 0 Å². The molecule has 1 aromatic heterocycles. The molecule has 23 heavy (non-hydrogen) atoms. The standard InChI is InChI=1S/C18H22N2O3/c1-4-23-16(14-8-6-5-7-9-14)18(22)19-11-15-12(2)10-13(3)20-17(15)21/h5-10,16H,4,11H2,1-3H3,(H,19,22)(H,20,21)/t16-/m1/s1. The molecule has 1 atom stereocenters. The number of H-pyrrole nitrogens is 1. The van der Waals surface area contributed by atoms with Crippen LogP contribution in [0.25, 0.3) is 0 Å². The van der Waals surface area contributed by atoms with Crippen molar-refractivity contribution >= 4 is 5.91 Å². The Hall–Kier alpha value is -2.40. The molecule has 2 aromatic rings. The molecule has 0 saturated carbocycles. The average Bonchev–Trinajstić information content (AvgIpc) is 2.52. The van der Waals surface area contributed by atoms with Crippen LogP contribution in [-0.4, -0.2) is 17.5 Å². The summed E-state index contributed by atoms with van der Waals surface area (Å²) in [6.45, 7) is 6.14. The topological polar surface area (TPSA) is 71.2 Å². The summed E-state index contributed by atoms with van der Waals surface area (Å²) in [5.74, 6) is -0.252. The molecule has 0 fully saturated rings. The Kier molecular flexibility index (Phi) is 5.71. The molecule has 2 N–H and O–H groups in total. The smallest absolute Gasteiger partial charge is 0.254 e.